The molecular weight excluding hydrogens is 276 g/mol. The van der Waals surface area contributed by atoms with Gasteiger partial charge in [-0.15, -0.1) is 0 Å². The van der Waals surface area contributed by atoms with Gasteiger partial charge in [-0.05, 0) is 6.42 Å². The van der Waals surface area contributed by atoms with Gasteiger partial charge in [0.1, 0.15) is 23.9 Å². The van der Waals surface area contributed by atoms with Crippen molar-refractivity contribution in [1.29, 1.82) is 0 Å². The van der Waals surface area contributed by atoms with Crippen molar-refractivity contribution in [1.82, 2.24) is 0 Å². The van der Waals surface area contributed by atoms with Crippen molar-refractivity contribution in [3.63, 3.8) is 0 Å². The van der Waals surface area contributed by atoms with E-state index in [9.17, 15) is 20.4 Å². The summed E-state index contributed by atoms with van der Waals surface area (Å²) in [6, 6.07) is 0. The fourth-order valence-electron chi connectivity index (χ4n) is 2.47. The van der Waals surface area contributed by atoms with Crippen LogP contribution in [-0.2, 0) is 0 Å². The summed E-state index contributed by atoms with van der Waals surface area (Å²) in [5.41, 5.74) is -2.01. The lowest BCUT2D eigenvalue weighted by atomic mass is 9.82. The van der Waals surface area contributed by atoms with Crippen LogP contribution < -0.4 is 0 Å². The van der Waals surface area contributed by atoms with Gasteiger partial charge >= 0.3 is 0 Å². The number of hydrogen-bond donors (Lipinski definition) is 6. The molecular formula is C15H32O6. The zero-order valence-corrected chi connectivity index (χ0v) is 13.0. The summed E-state index contributed by atoms with van der Waals surface area (Å²) in [6.45, 7) is 0.700. The molecule has 0 saturated heterocycles. The molecule has 0 spiro atoms. The van der Waals surface area contributed by atoms with E-state index in [0.29, 0.717) is 6.42 Å². The Balaban J connectivity index is 4.30. The fraction of sp³-hybridized carbons (Fsp3) is 1.00. The molecule has 0 aliphatic heterocycles. The Kier molecular flexibility index (Phi) is 11.2. The normalized spacial score (nSPS) is 19.0. The van der Waals surface area contributed by atoms with Crippen molar-refractivity contribution in [3.05, 3.63) is 0 Å². The third-order valence-corrected chi connectivity index (χ3v) is 3.99. The zero-order chi connectivity index (χ0) is 16.3. The Hall–Kier alpha value is -0.240. The first kappa shape index (κ1) is 20.8. The van der Waals surface area contributed by atoms with Gasteiger partial charge in [-0.1, -0.05) is 51.9 Å². The largest absolute Gasteiger partial charge is 0.394 e. The van der Waals surface area contributed by atoms with E-state index in [1.807, 2.05) is 0 Å². The number of rotatable bonds is 13. The van der Waals surface area contributed by atoms with Crippen LogP contribution in [0.1, 0.15) is 58.3 Å². The molecule has 0 aromatic heterocycles. The molecule has 0 fully saturated rings. The molecule has 4 atom stereocenters. The fourth-order valence-corrected chi connectivity index (χ4v) is 2.47. The van der Waals surface area contributed by atoms with E-state index in [2.05, 4.69) is 6.92 Å². The molecule has 0 aliphatic carbocycles. The van der Waals surface area contributed by atoms with Crippen molar-refractivity contribution in [2.75, 3.05) is 13.2 Å². The van der Waals surface area contributed by atoms with Gasteiger partial charge in [0, 0.05) is 0 Å². The molecule has 0 aromatic carbocycles. The third kappa shape index (κ3) is 7.04. The Bertz CT molecular complexity index is 250. The molecule has 0 aliphatic rings. The summed E-state index contributed by atoms with van der Waals surface area (Å²) in [5, 5.41) is 57.3. The van der Waals surface area contributed by atoms with Crippen LogP contribution in [0.2, 0.25) is 0 Å². The second kappa shape index (κ2) is 11.3. The van der Waals surface area contributed by atoms with Gasteiger partial charge in [0.05, 0.1) is 13.2 Å². The third-order valence-electron chi connectivity index (χ3n) is 3.99. The van der Waals surface area contributed by atoms with Crippen molar-refractivity contribution in [2.24, 2.45) is 0 Å². The molecule has 6 heteroatoms. The van der Waals surface area contributed by atoms with Crippen molar-refractivity contribution < 1.29 is 30.6 Å². The second-order valence-corrected chi connectivity index (χ2v) is 5.76. The Labute approximate surface area is 127 Å². The van der Waals surface area contributed by atoms with Gasteiger partial charge in [-0.2, -0.15) is 0 Å². The van der Waals surface area contributed by atoms with Crippen molar-refractivity contribution in [3.8, 4) is 0 Å². The van der Waals surface area contributed by atoms with E-state index < -0.39 is 37.1 Å². The van der Waals surface area contributed by atoms with Gasteiger partial charge < -0.3 is 30.6 Å². The summed E-state index contributed by atoms with van der Waals surface area (Å²) in [4.78, 5) is 0. The molecule has 0 unspecified atom stereocenters. The van der Waals surface area contributed by atoms with Crippen LogP contribution >= 0.6 is 0 Å². The van der Waals surface area contributed by atoms with E-state index in [-0.39, 0.29) is 6.42 Å². The first-order chi connectivity index (χ1) is 9.93. The first-order valence-corrected chi connectivity index (χ1v) is 7.92. The summed E-state index contributed by atoms with van der Waals surface area (Å²) in [5.74, 6) is 0. The van der Waals surface area contributed by atoms with Crippen LogP contribution in [0.3, 0.4) is 0 Å². The van der Waals surface area contributed by atoms with Crippen LogP contribution in [0.25, 0.3) is 0 Å². The maximum atomic E-state index is 10.4. The van der Waals surface area contributed by atoms with Crippen LogP contribution in [0, 0.1) is 0 Å². The SMILES string of the molecule is CCCCCCCCC[C@@](O)([C@H](O)CO)[C@H](O)[C@@H](O)CO. The average Bonchev–Trinajstić information content (AvgIpc) is 2.51. The maximum absolute atomic E-state index is 10.4. The number of hydrogen-bond acceptors (Lipinski definition) is 6. The Morgan fingerprint density at radius 1 is 0.810 bits per heavy atom. The van der Waals surface area contributed by atoms with Gasteiger partial charge in [-0.3, -0.25) is 0 Å². The lowest BCUT2D eigenvalue weighted by molar-refractivity contribution is -0.193. The monoisotopic (exact) mass is 308 g/mol. The molecule has 0 amide bonds. The number of aliphatic hydroxyl groups excluding tert-OH is 5. The highest BCUT2D eigenvalue weighted by Crippen LogP contribution is 2.26. The van der Waals surface area contributed by atoms with E-state index in [4.69, 9.17) is 10.2 Å². The molecule has 21 heavy (non-hydrogen) atoms. The predicted molar refractivity (Wildman–Crippen MR) is 79.8 cm³/mol. The molecule has 0 rings (SSSR count). The van der Waals surface area contributed by atoms with E-state index in [0.717, 1.165) is 19.3 Å². The summed E-state index contributed by atoms with van der Waals surface area (Å²) in [7, 11) is 0. The van der Waals surface area contributed by atoms with Crippen LogP contribution in [-0.4, -0.2) is 67.8 Å². The molecule has 0 radical (unpaired) electrons. The standard InChI is InChI=1S/C15H32O6/c1-2-3-4-5-6-7-8-9-15(21,13(19)11-17)14(20)12(18)10-16/h12-14,16-21H,2-11H2,1H3/t12-,13+,14+,15+/m0/s1. The lowest BCUT2D eigenvalue weighted by Crippen LogP contribution is -2.58. The average molecular weight is 308 g/mol. The van der Waals surface area contributed by atoms with Crippen LogP contribution in [0.15, 0.2) is 0 Å². The minimum Gasteiger partial charge on any atom is -0.394 e. The molecule has 0 aromatic rings. The predicted octanol–water partition coefficient (Wildman–Crippen LogP) is -0.0745. The van der Waals surface area contributed by atoms with Crippen molar-refractivity contribution >= 4 is 0 Å². The minimum absolute atomic E-state index is 0.0563. The smallest absolute Gasteiger partial charge is 0.121 e. The lowest BCUT2D eigenvalue weighted by Gasteiger charge is -2.38. The number of aliphatic hydroxyl groups is 6. The van der Waals surface area contributed by atoms with E-state index in [1.54, 1.807) is 0 Å². The molecule has 0 saturated carbocycles. The zero-order valence-electron chi connectivity index (χ0n) is 13.0. The summed E-state index contributed by atoms with van der Waals surface area (Å²) < 4.78 is 0. The Morgan fingerprint density at radius 2 is 1.33 bits per heavy atom. The summed E-state index contributed by atoms with van der Waals surface area (Å²) in [6.07, 6.45) is 2.30. The highest BCUT2D eigenvalue weighted by atomic mass is 16.4. The van der Waals surface area contributed by atoms with Crippen LogP contribution in [0.5, 0.6) is 0 Å². The highest BCUT2D eigenvalue weighted by Gasteiger charge is 2.44. The summed E-state index contributed by atoms with van der Waals surface area (Å²) >= 11 is 0. The minimum atomic E-state index is -2.01. The van der Waals surface area contributed by atoms with E-state index >= 15 is 0 Å². The van der Waals surface area contributed by atoms with Crippen molar-refractivity contribution in [2.45, 2.75) is 82.2 Å². The first-order valence-electron chi connectivity index (χ1n) is 7.92. The van der Waals surface area contributed by atoms with Gasteiger partial charge in [0.2, 0.25) is 0 Å². The Morgan fingerprint density at radius 3 is 1.81 bits per heavy atom. The van der Waals surface area contributed by atoms with Gasteiger partial charge in [0.25, 0.3) is 0 Å². The quantitative estimate of drug-likeness (QED) is 0.265. The molecule has 128 valence electrons. The molecule has 6 N–H and O–H groups in total. The second-order valence-electron chi connectivity index (χ2n) is 5.76. The topological polar surface area (TPSA) is 121 Å². The van der Waals surface area contributed by atoms with E-state index in [1.165, 1.54) is 19.3 Å². The number of unbranched alkanes of at least 4 members (excludes halogenated alkanes) is 6. The van der Waals surface area contributed by atoms with Gasteiger partial charge in [0.15, 0.2) is 0 Å². The molecule has 0 bridgehead atoms. The highest BCUT2D eigenvalue weighted by molar-refractivity contribution is 4.96. The van der Waals surface area contributed by atoms with Gasteiger partial charge in [-0.25, -0.2) is 0 Å². The maximum Gasteiger partial charge on any atom is 0.121 e. The molecule has 6 nitrogen and oxygen atoms in total. The van der Waals surface area contributed by atoms with Crippen LogP contribution in [0.4, 0.5) is 0 Å². The molecule has 0 heterocycles.